The number of aliphatic hydroxyl groups excluding tert-OH is 1. The molecule has 0 radical (unpaired) electrons. The van der Waals surface area contributed by atoms with E-state index in [1.165, 1.54) is 0 Å². The molecule has 0 spiro atoms. The molecule has 0 aliphatic heterocycles. The van der Waals surface area contributed by atoms with E-state index < -0.39 is 6.10 Å². The van der Waals surface area contributed by atoms with Crippen molar-refractivity contribution in [3.63, 3.8) is 0 Å². The number of ether oxygens (including phenoxy) is 1. The molecule has 0 fully saturated rings. The molecule has 0 aliphatic carbocycles. The van der Waals surface area contributed by atoms with Gasteiger partial charge in [-0.2, -0.15) is 0 Å². The van der Waals surface area contributed by atoms with Gasteiger partial charge in [-0.25, -0.2) is 0 Å². The highest BCUT2D eigenvalue weighted by Crippen LogP contribution is 2.12. The van der Waals surface area contributed by atoms with E-state index in [0.717, 1.165) is 11.3 Å². The van der Waals surface area contributed by atoms with E-state index in [1.54, 1.807) is 20.1 Å². The van der Waals surface area contributed by atoms with Crippen LogP contribution >= 0.6 is 0 Å². The third-order valence-corrected chi connectivity index (χ3v) is 1.68. The molecule has 2 nitrogen and oxygen atoms in total. The normalized spacial score (nSPS) is 13.2. The van der Waals surface area contributed by atoms with Crippen molar-refractivity contribution in [1.82, 2.24) is 0 Å². The van der Waals surface area contributed by atoms with Crippen LogP contribution in [0.4, 0.5) is 0 Å². The summed E-state index contributed by atoms with van der Waals surface area (Å²) in [5.41, 5.74) is 1.06. The lowest BCUT2D eigenvalue weighted by Gasteiger charge is -1.99. The van der Waals surface area contributed by atoms with Crippen LogP contribution in [0, 0.1) is 0 Å². The molecule has 2 heteroatoms. The van der Waals surface area contributed by atoms with Crippen LogP contribution in [0.25, 0.3) is 6.08 Å². The number of hydrogen-bond acceptors (Lipinski definition) is 2. The standard InChI is InChI=1S/C11H14O2/c1-9(12)3-4-10-5-7-11(13-2)8-6-10/h3-9,12H,1-2H3/b4-3+/t9-/m0/s1. The van der Waals surface area contributed by atoms with Crippen LogP contribution in [0.1, 0.15) is 12.5 Å². The van der Waals surface area contributed by atoms with Gasteiger partial charge in [0, 0.05) is 0 Å². The van der Waals surface area contributed by atoms with Gasteiger partial charge in [0.1, 0.15) is 5.75 Å². The first-order chi connectivity index (χ1) is 6.22. The first kappa shape index (κ1) is 9.81. The van der Waals surface area contributed by atoms with Crippen molar-refractivity contribution in [3.05, 3.63) is 35.9 Å². The van der Waals surface area contributed by atoms with Gasteiger partial charge in [0.15, 0.2) is 0 Å². The lowest BCUT2D eigenvalue weighted by molar-refractivity contribution is 0.245. The molecule has 1 N–H and O–H groups in total. The topological polar surface area (TPSA) is 29.5 Å². The first-order valence-electron chi connectivity index (χ1n) is 4.22. The SMILES string of the molecule is COc1ccc(/C=C/[C@H](C)O)cc1. The van der Waals surface area contributed by atoms with Crippen LogP contribution in [0.5, 0.6) is 5.75 Å². The minimum Gasteiger partial charge on any atom is -0.497 e. The van der Waals surface area contributed by atoms with Crippen LogP contribution in [0.3, 0.4) is 0 Å². The molecule has 0 aliphatic rings. The average Bonchev–Trinajstić information content (AvgIpc) is 2.15. The van der Waals surface area contributed by atoms with E-state index in [2.05, 4.69) is 0 Å². The van der Waals surface area contributed by atoms with Crippen LogP contribution in [0.2, 0.25) is 0 Å². The van der Waals surface area contributed by atoms with Crippen molar-refractivity contribution in [2.75, 3.05) is 7.11 Å². The number of methoxy groups -OCH3 is 1. The Morgan fingerprint density at radius 3 is 2.38 bits per heavy atom. The molecule has 1 atom stereocenters. The van der Waals surface area contributed by atoms with Gasteiger partial charge >= 0.3 is 0 Å². The van der Waals surface area contributed by atoms with Crippen molar-refractivity contribution in [2.45, 2.75) is 13.0 Å². The molecule has 0 unspecified atom stereocenters. The van der Waals surface area contributed by atoms with Gasteiger partial charge in [0.2, 0.25) is 0 Å². The van der Waals surface area contributed by atoms with E-state index in [4.69, 9.17) is 9.84 Å². The van der Waals surface area contributed by atoms with Crippen molar-refractivity contribution >= 4 is 6.08 Å². The maximum absolute atomic E-state index is 9.00. The van der Waals surface area contributed by atoms with E-state index in [9.17, 15) is 0 Å². The maximum atomic E-state index is 9.00. The number of hydrogen-bond donors (Lipinski definition) is 1. The number of aliphatic hydroxyl groups is 1. The van der Waals surface area contributed by atoms with Crippen LogP contribution < -0.4 is 4.74 Å². The van der Waals surface area contributed by atoms with Crippen LogP contribution in [-0.2, 0) is 0 Å². The highest BCUT2D eigenvalue weighted by molar-refractivity contribution is 5.50. The molecule has 13 heavy (non-hydrogen) atoms. The molecule has 0 heterocycles. The van der Waals surface area contributed by atoms with E-state index in [-0.39, 0.29) is 0 Å². The molecular formula is C11H14O2. The van der Waals surface area contributed by atoms with E-state index >= 15 is 0 Å². The van der Waals surface area contributed by atoms with Crippen molar-refractivity contribution < 1.29 is 9.84 Å². The number of benzene rings is 1. The highest BCUT2D eigenvalue weighted by atomic mass is 16.5. The Labute approximate surface area is 78.5 Å². The summed E-state index contributed by atoms with van der Waals surface area (Å²) in [6, 6.07) is 7.67. The first-order valence-corrected chi connectivity index (χ1v) is 4.22. The molecule has 0 aromatic heterocycles. The molecular weight excluding hydrogens is 164 g/mol. The molecule has 0 amide bonds. The summed E-state index contributed by atoms with van der Waals surface area (Å²) in [6.07, 6.45) is 3.22. The summed E-state index contributed by atoms with van der Waals surface area (Å²) in [4.78, 5) is 0. The van der Waals surface area contributed by atoms with Gasteiger partial charge in [-0.15, -0.1) is 0 Å². The quantitative estimate of drug-likeness (QED) is 0.768. The summed E-state index contributed by atoms with van der Waals surface area (Å²) < 4.78 is 5.02. The maximum Gasteiger partial charge on any atom is 0.118 e. The van der Waals surface area contributed by atoms with E-state index in [0.29, 0.717) is 0 Å². The Hall–Kier alpha value is -1.28. The Balaban J connectivity index is 2.69. The van der Waals surface area contributed by atoms with Crippen molar-refractivity contribution in [3.8, 4) is 5.75 Å². The fraction of sp³-hybridized carbons (Fsp3) is 0.273. The molecule has 0 bridgehead atoms. The monoisotopic (exact) mass is 178 g/mol. The fourth-order valence-corrected chi connectivity index (χ4v) is 0.965. The molecule has 70 valence electrons. The summed E-state index contributed by atoms with van der Waals surface area (Å²) in [5.74, 6) is 0.842. The lowest BCUT2D eigenvalue weighted by atomic mass is 10.2. The Kier molecular flexibility index (Phi) is 3.53. The second-order valence-electron chi connectivity index (χ2n) is 2.87. The van der Waals surface area contributed by atoms with Gasteiger partial charge < -0.3 is 9.84 Å². The Morgan fingerprint density at radius 1 is 1.31 bits per heavy atom. The zero-order valence-electron chi connectivity index (χ0n) is 7.90. The van der Waals surface area contributed by atoms with E-state index in [1.807, 2.05) is 30.3 Å². The summed E-state index contributed by atoms with van der Waals surface area (Å²) in [5, 5.41) is 9.00. The molecule has 1 rings (SSSR count). The average molecular weight is 178 g/mol. The van der Waals surface area contributed by atoms with Gasteiger partial charge in [0.05, 0.1) is 13.2 Å². The van der Waals surface area contributed by atoms with Crippen LogP contribution in [-0.4, -0.2) is 18.3 Å². The third-order valence-electron chi connectivity index (χ3n) is 1.68. The molecule has 0 saturated carbocycles. The van der Waals surface area contributed by atoms with Crippen LogP contribution in [0.15, 0.2) is 30.3 Å². The smallest absolute Gasteiger partial charge is 0.118 e. The third kappa shape index (κ3) is 3.30. The minimum absolute atomic E-state index is 0.401. The van der Waals surface area contributed by atoms with Gasteiger partial charge in [-0.1, -0.05) is 24.3 Å². The van der Waals surface area contributed by atoms with Gasteiger partial charge in [-0.05, 0) is 24.6 Å². The zero-order chi connectivity index (χ0) is 9.68. The number of rotatable bonds is 3. The van der Waals surface area contributed by atoms with Crippen molar-refractivity contribution in [2.24, 2.45) is 0 Å². The highest BCUT2D eigenvalue weighted by Gasteiger charge is 1.90. The van der Waals surface area contributed by atoms with Gasteiger partial charge in [-0.3, -0.25) is 0 Å². The molecule has 0 saturated heterocycles. The molecule has 1 aromatic rings. The summed E-state index contributed by atoms with van der Waals surface area (Å²) >= 11 is 0. The van der Waals surface area contributed by atoms with Gasteiger partial charge in [0.25, 0.3) is 0 Å². The second-order valence-corrected chi connectivity index (χ2v) is 2.87. The Bertz CT molecular complexity index is 273. The predicted octanol–water partition coefficient (Wildman–Crippen LogP) is 2.09. The second kappa shape index (κ2) is 4.67. The molecule has 1 aromatic carbocycles. The lowest BCUT2D eigenvalue weighted by Crippen LogP contribution is -1.91. The fourth-order valence-electron chi connectivity index (χ4n) is 0.965. The Morgan fingerprint density at radius 2 is 1.92 bits per heavy atom. The summed E-state index contributed by atoms with van der Waals surface area (Å²) in [7, 11) is 1.64. The predicted molar refractivity (Wildman–Crippen MR) is 53.7 cm³/mol. The van der Waals surface area contributed by atoms with Crippen molar-refractivity contribution in [1.29, 1.82) is 0 Å². The zero-order valence-corrected chi connectivity index (χ0v) is 7.90. The summed E-state index contributed by atoms with van der Waals surface area (Å²) in [6.45, 7) is 1.72. The largest absolute Gasteiger partial charge is 0.497 e. The minimum atomic E-state index is -0.401.